The Morgan fingerprint density at radius 3 is 2.91 bits per heavy atom. The largest absolute Gasteiger partial charge is 0.337 e. The molecular weight excluding hydrogens is 453 g/mol. The number of fused-ring (bicyclic) bond motifs is 2. The van der Waals surface area contributed by atoms with Crippen LogP contribution in [0.5, 0.6) is 0 Å². The summed E-state index contributed by atoms with van der Waals surface area (Å²) in [6, 6.07) is 8.23. The van der Waals surface area contributed by atoms with Crippen molar-refractivity contribution in [2.45, 2.75) is 13.3 Å². The number of anilines is 3. The first-order chi connectivity index (χ1) is 16.4. The van der Waals surface area contributed by atoms with Gasteiger partial charge in [-0.05, 0) is 56.5 Å². The molecule has 6 nitrogen and oxygen atoms in total. The Bertz CT molecular complexity index is 1450. The Morgan fingerprint density at radius 1 is 1.29 bits per heavy atom. The van der Waals surface area contributed by atoms with E-state index in [0.717, 1.165) is 19.5 Å². The molecule has 0 spiro atoms. The zero-order valence-electron chi connectivity index (χ0n) is 18.7. The minimum absolute atomic E-state index is 0.00216. The van der Waals surface area contributed by atoms with E-state index >= 15 is 0 Å². The number of halogens is 2. The lowest BCUT2D eigenvalue weighted by molar-refractivity contribution is -0.111. The van der Waals surface area contributed by atoms with Gasteiger partial charge < -0.3 is 15.5 Å². The summed E-state index contributed by atoms with van der Waals surface area (Å²) in [7, 11) is 2.11. The highest BCUT2D eigenvalue weighted by atomic mass is 35.5. The number of nitrogens with zero attached hydrogens (tertiary/aromatic N) is 3. The number of carbonyl (C=O) groups is 1. The van der Waals surface area contributed by atoms with Crippen LogP contribution in [0.25, 0.3) is 10.9 Å². The third-order valence-electron chi connectivity index (χ3n) is 6.23. The Labute approximate surface area is 201 Å². The van der Waals surface area contributed by atoms with Crippen molar-refractivity contribution in [3.8, 4) is 23.7 Å². The van der Waals surface area contributed by atoms with Gasteiger partial charge in [0.2, 0.25) is 0 Å². The maximum absolute atomic E-state index is 14.5. The molecule has 1 saturated heterocycles. The molecule has 2 heterocycles. The van der Waals surface area contributed by atoms with Crippen molar-refractivity contribution >= 4 is 45.6 Å². The lowest BCUT2D eigenvalue weighted by Crippen LogP contribution is -2.19. The third-order valence-corrected chi connectivity index (χ3v) is 6.52. The average molecular weight is 474 g/mol. The summed E-state index contributed by atoms with van der Waals surface area (Å²) in [5.74, 6) is 11.8. The minimum Gasteiger partial charge on any atom is -0.337 e. The van der Waals surface area contributed by atoms with Crippen molar-refractivity contribution in [3.05, 3.63) is 53.1 Å². The van der Waals surface area contributed by atoms with Crippen LogP contribution in [0, 0.1) is 40.8 Å². The predicted octanol–water partition coefficient (Wildman–Crippen LogP) is 4.43. The smallest absolute Gasteiger partial charge is 0.300 e. The van der Waals surface area contributed by atoms with Gasteiger partial charge in [0.25, 0.3) is 5.91 Å². The summed E-state index contributed by atoms with van der Waals surface area (Å²) in [5.41, 5.74) is 1.96. The van der Waals surface area contributed by atoms with Crippen molar-refractivity contribution in [2.75, 3.05) is 30.8 Å². The first-order valence-electron chi connectivity index (χ1n) is 10.8. The zero-order chi connectivity index (χ0) is 23.9. The molecule has 170 valence electrons. The van der Waals surface area contributed by atoms with Gasteiger partial charge in [0.1, 0.15) is 12.1 Å². The fraction of sp³-hybridized carbons (Fsp3) is 0.269. The highest BCUT2D eigenvalue weighted by Gasteiger charge is 2.58. The van der Waals surface area contributed by atoms with E-state index in [0.29, 0.717) is 33.9 Å². The lowest BCUT2D eigenvalue weighted by atomic mass is 10.0. The van der Waals surface area contributed by atoms with Crippen LogP contribution in [0.4, 0.5) is 21.6 Å². The summed E-state index contributed by atoms with van der Waals surface area (Å²) < 4.78 is 14.5. The zero-order valence-corrected chi connectivity index (χ0v) is 19.4. The molecule has 2 atom stereocenters. The summed E-state index contributed by atoms with van der Waals surface area (Å²) >= 11 is 5.92. The Kier molecular flexibility index (Phi) is 5.61. The molecule has 2 N–H and O–H groups in total. The van der Waals surface area contributed by atoms with E-state index in [1.165, 1.54) is 12.4 Å². The van der Waals surface area contributed by atoms with Gasteiger partial charge in [0, 0.05) is 23.9 Å². The van der Waals surface area contributed by atoms with Gasteiger partial charge in [-0.3, -0.25) is 4.79 Å². The minimum atomic E-state index is -0.579. The van der Waals surface area contributed by atoms with Crippen molar-refractivity contribution in [3.63, 3.8) is 0 Å². The highest BCUT2D eigenvalue weighted by Crippen LogP contribution is 2.56. The fourth-order valence-corrected chi connectivity index (χ4v) is 4.70. The molecule has 1 saturated carbocycles. The van der Waals surface area contributed by atoms with Gasteiger partial charge in [0.15, 0.2) is 5.82 Å². The molecule has 1 amide bonds. The number of benzene rings is 2. The quantitative estimate of drug-likeness (QED) is 0.551. The molecule has 8 heteroatoms. The molecule has 0 bridgehead atoms. The van der Waals surface area contributed by atoms with Crippen molar-refractivity contribution < 1.29 is 9.18 Å². The summed E-state index contributed by atoms with van der Waals surface area (Å²) in [5, 5.41) is 6.40. The van der Waals surface area contributed by atoms with Crippen LogP contribution in [0.1, 0.15) is 18.9 Å². The van der Waals surface area contributed by atoms with Crippen LogP contribution in [0.2, 0.25) is 5.02 Å². The Balaban J connectivity index is 1.58. The van der Waals surface area contributed by atoms with E-state index in [9.17, 15) is 9.18 Å². The van der Waals surface area contributed by atoms with Gasteiger partial charge in [-0.25, -0.2) is 14.4 Å². The SMILES string of the molecule is CC#CC(=O)Nc1cc2c(Nc3cccc(Cl)c3F)ncnc2cc1C#C[C@@]12C[C@@H]1CN(C)C2. The molecule has 34 heavy (non-hydrogen) atoms. The molecule has 1 aliphatic heterocycles. The molecule has 2 aromatic carbocycles. The van der Waals surface area contributed by atoms with Crippen LogP contribution in [-0.4, -0.2) is 40.9 Å². The van der Waals surface area contributed by atoms with Crippen LogP contribution >= 0.6 is 11.6 Å². The number of rotatable bonds is 3. The van der Waals surface area contributed by atoms with E-state index < -0.39 is 11.7 Å². The predicted molar refractivity (Wildman–Crippen MR) is 131 cm³/mol. The van der Waals surface area contributed by atoms with Crippen molar-refractivity contribution in [1.29, 1.82) is 0 Å². The van der Waals surface area contributed by atoms with Gasteiger partial charge in [0.05, 0.1) is 27.5 Å². The lowest BCUT2D eigenvalue weighted by Gasteiger charge is -2.13. The molecule has 0 radical (unpaired) electrons. The molecule has 5 rings (SSSR count). The molecule has 2 fully saturated rings. The second-order valence-corrected chi connectivity index (χ2v) is 9.10. The van der Waals surface area contributed by atoms with Gasteiger partial charge in [-0.2, -0.15) is 0 Å². The third kappa shape index (κ3) is 4.17. The maximum Gasteiger partial charge on any atom is 0.300 e. The van der Waals surface area contributed by atoms with E-state index in [1.54, 1.807) is 25.1 Å². The molecular formula is C26H21ClFN5O. The molecule has 1 aromatic heterocycles. The number of aromatic nitrogens is 2. The molecule has 3 aromatic rings. The van der Waals surface area contributed by atoms with Crippen LogP contribution in [-0.2, 0) is 4.79 Å². The summed E-state index contributed by atoms with van der Waals surface area (Å²) in [6.07, 6.45) is 2.50. The van der Waals surface area contributed by atoms with Crippen LogP contribution < -0.4 is 10.6 Å². The van der Waals surface area contributed by atoms with Crippen molar-refractivity contribution in [1.82, 2.24) is 14.9 Å². The standard InChI is InChI=1S/C26H21ClFN5O/c1-3-5-23(34)31-21-11-18-22(10-16(21)8-9-26-12-17(26)13-33(2)14-26)29-15-30-25(18)32-20-7-4-6-19(27)24(20)28/h4,6-7,10-11,15,17H,12-14H2,1-2H3,(H,31,34)(H,29,30,32)/t17-,26+/m1/s1. The number of hydrogen-bond acceptors (Lipinski definition) is 5. The second kappa shape index (κ2) is 8.61. The summed E-state index contributed by atoms with van der Waals surface area (Å²) in [4.78, 5) is 23.2. The van der Waals surface area contributed by atoms with E-state index in [-0.39, 0.29) is 16.1 Å². The Hall–Kier alpha value is -3.65. The van der Waals surface area contributed by atoms with Gasteiger partial charge in [-0.15, -0.1) is 0 Å². The first-order valence-corrected chi connectivity index (χ1v) is 11.2. The summed E-state index contributed by atoms with van der Waals surface area (Å²) in [6.45, 7) is 3.60. The first kappa shape index (κ1) is 22.2. The highest BCUT2D eigenvalue weighted by molar-refractivity contribution is 6.31. The van der Waals surface area contributed by atoms with Crippen molar-refractivity contribution in [2.24, 2.45) is 11.3 Å². The van der Waals surface area contributed by atoms with Crippen LogP contribution in [0.15, 0.2) is 36.7 Å². The van der Waals surface area contributed by atoms with E-state index in [4.69, 9.17) is 11.6 Å². The number of amides is 1. The average Bonchev–Trinajstić information content (AvgIpc) is 3.36. The van der Waals surface area contributed by atoms with E-state index in [2.05, 4.69) is 56.2 Å². The monoisotopic (exact) mass is 473 g/mol. The number of likely N-dealkylation sites (tertiary alicyclic amines) is 1. The maximum atomic E-state index is 14.5. The number of carbonyl (C=O) groups excluding carboxylic acids is 1. The molecule has 1 aliphatic carbocycles. The Morgan fingerprint density at radius 2 is 2.15 bits per heavy atom. The number of hydrogen-bond donors (Lipinski definition) is 2. The fourth-order valence-electron chi connectivity index (χ4n) is 4.53. The number of nitrogens with one attached hydrogen (secondary N) is 2. The number of piperidine rings is 1. The van der Waals surface area contributed by atoms with Crippen LogP contribution in [0.3, 0.4) is 0 Å². The van der Waals surface area contributed by atoms with Gasteiger partial charge in [-0.1, -0.05) is 35.4 Å². The van der Waals surface area contributed by atoms with Gasteiger partial charge >= 0.3 is 0 Å². The van der Waals surface area contributed by atoms with E-state index in [1.807, 2.05) is 6.07 Å². The molecule has 0 unspecified atom stereocenters. The second-order valence-electron chi connectivity index (χ2n) is 8.70. The molecule has 2 aliphatic rings. The normalized spacial score (nSPS) is 20.5. The topological polar surface area (TPSA) is 70.1 Å².